The lowest BCUT2D eigenvalue weighted by Gasteiger charge is -2.27. The molecule has 2 fully saturated rings. The van der Waals surface area contributed by atoms with E-state index >= 15 is 0 Å². The van der Waals surface area contributed by atoms with Crippen molar-refractivity contribution in [3.8, 4) is 0 Å². The van der Waals surface area contributed by atoms with Crippen LogP contribution in [0.2, 0.25) is 0 Å². The number of anilines is 1. The van der Waals surface area contributed by atoms with Gasteiger partial charge in [-0.05, 0) is 25.0 Å². The summed E-state index contributed by atoms with van der Waals surface area (Å²) in [6, 6.07) is 3.33. The van der Waals surface area contributed by atoms with Gasteiger partial charge in [-0.1, -0.05) is 0 Å². The van der Waals surface area contributed by atoms with Gasteiger partial charge < -0.3 is 14.4 Å². The van der Waals surface area contributed by atoms with Crippen LogP contribution in [0.3, 0.4) is 0 Å². The fourth-order valence-electron chi connectivity index (χ4n) is 2.60. The zero-order chi connectivity index (χ0) is 15.4. The summed E-state index contributed by atoms with van der Waals surface area (Å²) < 4.78 is 37.8. The quantitative estimate of drug-likeness (QED) is 0.842. The van der Waals surface area contributed by atoms with E-state index in [1.807, 2.05) is 0 Å². The van der Waals surface area contributed by atoms with E-state index in [4.69, 9.17) is 9.47 Å². The average Bonchev–Trinajstić information content (AvgIpc) is 3.08. The minimum absolute atomic E-state index is 0.0182. The number of ether oxygens (including phenoxy) is 2. The van der Waals surface area contributed by atoms with Crippen molar-refractivity contribution in [1.82, 2.24) is 9.71 Å². The second-order valence-electron chi connectivity index (χ2n) is 5.44. The van der Waals surface area contributed by atoms with Crippen molar-refractivity contribution in [1.29, 1.82) is 0 Å². The molecule has 0 aliphatic carbocycles. The third kappa shape index (κ3) is 3.75. The van der Waals surface area contributed by atoms with Crippen LogP contribution in [0.4, 0.5) is 5.82 Å². The molecule has 7 nitrogen and oxygen atoms in total. The summed E-state index contributed by atoms with van der Waals surface area (Å²) in [5.74, 6) is 0.779. The van der Waals surface area contributed by atoms with Gasteiger partial charge in [-0.25, -0.2) is 18.1 Å². The van der Waals surface area contributed by atoms with Crippen LogP contribution in [-0.4, -0.2) is 59.0 Å². The monoisotopic (exact) mass is 327 g/mol. The molecular weight excluding hydrogens is 306 g/mol. The van der Waals surface area contributed by atoms with Crippen molar-refractivity contribution in [2.24, 2.45) is 0 Å². The van der Waals surface area contributed by atoms with Crippen LogP contribution in [0.25, 0.3) is 0 Å². The minimum atomic E-state index is -3.53. The number of pyridine rings is 1. The molecule has 8 heteroatoms. The first kappa shape index (κ1) is 15.7. The van der Waals surface area contributed by atoms with E-state index in [2.05, 4.69) is 14.6 Å². The first-order chi connectivity index (χ1) is 10.6. The Morgan fingerprint density at radius 2 is 2.09 bits per heavy atom. The van der Waals surface area contributed by atoms with Crippen molar-refractivity contribution in [3.63, 3.8) is 0 Å². The maximum absolute atomic E-state index is 12.2. The fraction of sp³-hybridized carbons (Fsp3) is 0.643. The smallest absolute Gasteiger partial charge is 0.242 e. The largest absolute Gasteiger partial charge is 0.378 e. The van der Waals surface area contributed by atoms with E-state index < -0.39 is 10.0 Å². The summed E-state index contributed by atoms with van der Waals surface area (Å²) in [6.07, 6.45) is 3.28. The Balaban J connectivity index is 1.62. The Labute approximate surface area is 130 Å². The van der Waals surface area contributed by atoms with Gasteiger partial charge in [-0.3, -0.25) is 0 Å². The van der Waals surface area contributed by atoms with Gasteiger partial charge in [0.2, 0.25) is 10.0 Å². The summed E-state index contributed by atoms with van der Waals surface area (Å²) in [4.78, 5) is 6.53. The number of hydrogen-bond acceptors (Lipinski definition) is 6. The SMILES string of the molecule is O=S(=O)(NC[C@H]1CCCO1)c1ccc(N2CCOCC2)nc1. The molecule has 122 valence electrons. The summed E-state index contributed by atoms with van der Waals surface area (Å²) in [5.41, 5.74) is 0. The number of nitrogens with one attached hydrogen (secondary N) is 1. The highest BCUT2D eigenvalue weighted by atomic mass is 32.2. The molecule has 0 saturated carbocycles. The zero-order valence-electron chi connectivity index (χ0n) is 12.4. The van der Waals surface area contributed by atoms with Gasteiger partial charge in [-0.2, -0.15) is 0 Å². The third-order valence-corrected chi connectivity index (χ3v) is 5.30. The molecule has 0 bridgehead atoms. The van der Waals surface area contributed by atoms with Gasteiger partial charge in [0, 0.05) is 32.4 Å². The topological polar surface area (TPSA) is 80.8 Å². The Hall–Kier alpha value is -1.22. The van der Waals surface area contributed by atoms with E-state index in [-0.39, 0.29) is 11.0 Å². The lowest BCUT2D eigenvalue weighted by atomic mass is 10.2. The van der Waals surface area contributed by atoms with E-state index in [0.717, 1.165) is 31.7 Å². The van der Waals surface area contributed by atoms with Crippen LogP contribution in [0.5, 0.6) is 0 Å². The third-order valence-electron chi connectivity index (χ3n) is 3.89. The van der Waals surface area contributed by atoms with Gasteiger partial charge >= 0.3 is 0 Å². The molecule has 1 aromatic heterocycles. The standard InChI is InChI=1S/C14H21N3O4S/c18-22(19,16-10-12-2-1-7-21-12)13-3-4-14(15-11-13)17-5-8-20-9-6-17/h3-4,11-12,16H,1-2,5-10H2/t12-/m1/s1. The van der Waals surface area contributed by atoms with E-state index in [9.17, 15) is 8.42 Å². The number of rotatable bonds is 5. The lowest BCUT2D eigenvalue weighted by molar-refractivity contribution is 0.114. The predicted octanol–water partition coefficient (Wildman–Crippen LogP) is 0.375. The molecule has 0 amide bonds. The highest BCUT2D eigenvalue weighted by Crippen LogP contribution is 2.16. The Kier molecular flexibility index (Phi) is 4.92. The number of sulfonamides is 1. The van der Waals surface area contributed by atoms with Crippen molar-refractivity contribution < 1.29 is 17.9 Å². The van der Waals surface area contributed by atoms with E-state index in [0.29, 0.717) is 26.4 Å². The molecule has 1 aromatic rings. The molecule has 2 saturated heterocycles. The molecule has 2 aliphatic heterocycles. The van der Waals surface area contributed by atoms with Crippen LogP contribution >= 0.6 is 0 Å². The molecule has 2 aliphatic rings. The number of morpholine rings is 1. The second-order valence-corrected chi connectivity index (χ2v) is 7.21. The van der Waals surface area contributed by atoms with Crippen LogP contribution < -0.4 is 9.62 Å². The first-order valence-corrected chi connectivity index (χ1v) is 9.03. The Morgan fingerprint density at radius 1 is 1.27 bits per heavy atom. The fourth-order valence-corrected chi connectivity index (χ4v) is 3.61. The number of hydrogen-bond donors (Lipinski definition) is 1. The maximum Gasteiger partial charge on any atom is 0.242 e. The van der Waals surface area contributed by atoms with Crippen molar-refractivity contribution in [2.75, 3.05) is 44.4 Å². The summed E-state index contributed by atoms with van der Waals surface area (Å²) in [6.45, 7) is 3.91. The molecule has 3 heterocycles. The summed E-state index contributed by atoms with van der Waals surface area (Å²) >= 11 is 0. The molecule has 1 atom stereocenters. The molecule has 22 heavy (non-hydrogen) atoms. The number of aromatic nitrogens is 1. The molecule has 3 rings (SSSR count). The van der Waals surface area contributed by atoms with Crippen LogP contribution in [-0.2, 0) is 19.5 Å². The summed E-state index contributed by atoms with van der Waals surface area (Å²) in [5, 5.41) is 0. The molecule has 0 spiro atoms. The maximum atomic E-state index is 12.2. The normalized spacial score (nSPS) is 22.9. The molecule has 0 radical (unpaired) electrons. The Morgan fingerprint density at radius 3 is 2.73 bits per heavy atom. The summed E-state index contributed by atoms with van der Waals surface area (Å²) in [7, 11) is -3.53. The van der Waals surface area contributed by atoms with Gasteiger partial charge in [0.15, 0.2) is 0 Å². The zero-order valence-corrected chi connectivity index (χ0v) is 13.2. The van der Waals surface area contributed by atoms with Crippen LogP contribution in [0.1, 0.15) is 12.8 Å². The molecule has 1 N–H and O–H groups in total. The van der Waals surface area contributed by atoms with Crippen molar-refractivity contribution in [3.05, 3.63) is 18.3 Å². The lowest BCUT2D eigenvalue weighted by Crippen LogP contribution is -2.36. The molecule has 0 aromatic carbocycles. The Bertz CT molecular complexity index is 579. The minimum Gasteiger partial charge on any atom is -0.378 e. The molecular formula is C14H21N3O4S. The van der Waals surface area contributed by atoms with Crippen molar-refractivity contribution in [2.45, 2.75) is 23.8 Å². The predicted molar refractivity (Wildman–Crippen MR) is 81.4 cm³/mol. The second kappa shape index (κ2) is 6.91. The highest BCUT2D eigenvalue weighted by Gasteiger charge is 2.21. The van der Waals surface area contributed by atoms with Gasteiger partial charge in [0.05, 0.1) is 19.3 Å². The first-order valence-electron chi connectivity index (χ1n) is 7.55. The molecule has 0 unspecified atom stereocenters. The van der Waals surface area contributed by atoms with Crippen LogP contribution in [0.15, 0.2) is 23.2 Å². The van der Waals surface area contributed by atoms with Gasteiger partial charge in [0.1, 0.15) is 10.7 Å². The van der Waals surface area contributed by atoms with Crippen LogP contribution in [0, 0.1) is 0 Å². The average molecular weight is 327 g/mol. The highest BCUT2D eigenvalue weighted by molar-refractivity contribution is 7.89. The van der Waals surface area contributed by atoms with E-state index in [1.54, 1.807) is 12.1 Å². The van der Waals surface area contributed by atoms with Crippen molar-refractivity contribution >= 4 is 15.8 Å². The number of nitrogens with zero attached hydrogens (tertiary/aromatic N) is 2. The van der Waals surface area contributed by atoms with Gasteiger partial charge in [0.25, 0.3) is 0 Å². The van der Waals surface area contributed by atoms with Gasteiger partial charge in [-0.15, -0.1) is 0 Å². The van der Waals surface area contributed by atoms with E-state index in [1.165, 1.54) is 6.20 Å².